The van der Waals surface area contributed by atoms with Crippen molar-refractivity contribution in [3.8, 4) is 0 Å². The van der Waals surface area contributed by atoms with Gasteiger partial charge in [0.2, 0.25) is 0 Å². The highest BCUT2D eigenvalue weighted by Crippen LogP contribution is 2.17. The third kappa shape index (κ3) is 1.67. The molecule has 0 atom stereocenters. The minimum Gasteiger partial charge on any atom is -0.392 e. The van der Waals surface area contributed by atoms with E-state index in [0.717, 1.165) is 12.0 Å². The number of rotatable bonds is 2. The molecule has 12 heavy (non-hydrogen) atoms. The molecule has 0 fully saturated rings. The van der Waals surface area contributed by atoms with Gasteiger partial charge in [0.15, 0.2) is 0 Å². The van der Waals surface area contributed by atoms with Crippen LogP contribution in [0.3, 0.4) is 0 Å². The molecule has 1 aromatic carbocycles. The molecule has 0 aliphatic rings. The number of aryl methyl sites for hydroxylation is 2. The first-order valence-corrected chi connectivity index (χ1v) is 4.39. The lowest BCUT2D eigenvalue weighted by Crippen LogP contribution is -1.95. The Morgan fingerprint density at radius 2 is 1.75 bits per heavy atom. The Labute approximate surface area is 74.1 Å². The monoisotopic (exact) mass is 164 g/mol. The van der Waals surface area contributed by atoms with Gasteiger partial charge >= 0.3 is 0 Å². The molecule has 1 aromatic rings. The van der Waals surface area contributed by atoms with E-state index in [9.17, 15) is 0 Å². The lowest BCUT2D eigenvalue weighted by Gasteiger charge is -2.09. The van der Waals surface area contributed by atoms with Gasteiger partial charge in [0.25, 0.3) is 0 Å². The van der Waals surface area contributed by atoms with E-state index in [1.165, 1.54) is 16.7 Å². The molecule has 1 nitrogen and oxygen atoms in total. The van der Waals surface area contributed by atoms with Crippen LogP contribution in [0.5, 0.6) is 0 Å². The lowest BCUT2D eigenvalue weighted by atomic mass is 9.98. The van der Waals surface area contributed by atoms with E-state index in [1.54, 1.807) is 0 Å². The molecule has 0 amide bonds. The van der Waals surface area contributed by atoms with Gasteiger partial charge in [-0.15, -0.1) is 0 Å². The molecular formula is C11H16O. The predicted molar refractivity (Wildman–Crippen MR) is 51.2 cm³/mol. The normalized spacial score (nSPS) is 10.3. The zero-order valence-electron chi connectivity index (χ0n) is 8.02. The molecule has 0 bridgehead atoms. The maximum absolute atomic E-state index is 9.06. The Kier molecular flexibility index (Phi) is 2.88. The molecular weight excluding hydrogens is 148 g/mol. The fourth-order valence-corrected chi connectivity index (χ4v) is 1.55. The van der Waals surface area contributed by atoms with E-state index in [1.807, 2.05) is 0 Å². The van der Waals surface area contributed by atoms with Crippen LogP contribution in [0.25, 0.3) is 0 Å². The molecule has 66 valence electrons. The van der Waals surface area contributed by atoms with Crippen molar-refractivity contribution in [1.82, 2.24) is 0 Å². The SMILES string of the molecule is CCc1cc(C)cc(CO)c1C. The highest BCUT2D eigenvalue weighted by atomic mass is 16.3. The molecule has 0 radical (unpaired) electrons. The molecule has 0 heterocycles. The number of hydrogen-bond donors (Lipinski definition) is 1. The van der Waals surface area contributed by atoms with Gasteiger partial charge < -0.3 is 5.11 Å². The van der Waals surface area contributed by atoms with Gasteiger partial charge in [-0.25, -0.2) is 0 Å². The van der Waals surface area contributed by atoms with E-state index in [0.29, 0.717) is 0 Å². The summed E-state index contributed by atoms with van der Waals surface area (Å²) in [5.74, 6) is 0. The van der Waals surface area contributed by atoms with Crippen LogP contribution in [0.4, 0.5) is 0 Å². The smallest absolute Gasteiger partial charge is 0.0684 e. The summed E-state index contributed by atoms with van der Waals surface area (Å²) in [5.41, 5.74) is 4.89. The molecule has 1 N–H and O–H groups in total. The Morgan fingerprint density at radius 1 is 1.17 bits per heavy atom. The van der Waals surface area contributed by atoms with Crippen LogP contribution in [0.2, 0.25) is 0 Å². The summed E-state index contributed by atoms with van der Waals surface area (Å²) in [6.07, 6.45) is 1.04. The lowest BCUT2D eigenvalue weighted by molar-refractivity contribution is 0.281. The number of hydrogen-bond acceptors (Lipinski definition) is 1. The summed E-state index contributed by atoms with van der Waals surface area (Å²) >= 11 is 0. The molecule has 0 aromatic heterocycles. The molecule has 1 heteroatoms. The predicted octanol–water partition coefficient (Wildman–Crippen LogP) is 2.36. The third-order valence-corrected chi connectivity index (χ3v) is 2.32. The Morgan fingerprint density at radius 3 is 2.25 bits per heavy atom. The van der Waals surface area contributed by atoms with Crippen LogP contribution < -0.4 is 0 Å². The summed E-state index contributed by atoms with van der Waals surface area (Å²) in [7, 11) is 0. The summed E-state index contributed by atoms with van der Waals surface area (Å²) < 4.78 is 0. The second kappa shape index (κ2) is 3.72. The number of aliphatic hydroxyl groups is 1. The molecule has 0 unspecified atom stereocenters. The van der Waals surface area contributed by atoms with Gasteiger partial charge in [-0.2, -0.15) is 0 Å². The molecule has 0 saturated heterocycles. The van der Waals surface area contributed by atoms with Crippen molar-refractivity contribution >= 4 is 0 Å². The second-order valence-electron chi connectivity index (χ2n) is 3.22. The van der Waals surface area contributed by atoms with Gasteiger partial charge in [-0.3, -0.25) is 0 Å². The first kappa shape index (κ1) is 9.27. The Bertz CT molecular complexity index is 251. The Hall–Kier alpha value is -0.820. The summed E-state index contributed by atoms with van der Waals surface area (Å²) in [6.45, 7) is 6.44. The van der Waals surface area contributed by atoms with Crippen molar-refractivity contribution in [3.63, 3.8) is 0 Å². The van der Waals surface area contributed by atoms with E-state index in [2.05, 4.69) is 32.9 Å². The minimum absolute atomic E-state index is 0.153. The van der Waals surface area contributed by atoms with Crippen molar-refractivity contribution in [2.45, 2.75) is 33.8 Å². The average molecular weight is 164 g/mol. The molecule has 0 spiro atoms. The van der Waals surface area contributed by atoms with Crippen molar-refractivity contribution in [1.29, 1.82) is 0 Å². The fraction of sp³-hybridized carbons (Fsp3) is 0.455. The molecule has 0 saturated carbocycles. The van der Waals surface area contributed by atoms with E-state index >= 15 is 0 Å². The van der Waals surface area contributed by atoms with Crippen LogP contribution in [0.1, 0.15) is 29.2 Å². The number of benzene rings is 1. The Balaban J connectivity index is 3.22. The first-order chi connectivity index (χ1) is 5.69. The highest BCUT2D eigenvalue weighted by Gasteiger charge is 2.02. The maximum atomic E-state index is 9.06. The van der Waals surface area contributed by atoms with Crippen molar-refractivity contribution in [3.05, 3.63) is 34.4 Å². The van der Waals surface area contributed by atoms with Crippen LogP contribution in [-0.4, -0.2) is 5.11 Å². The molecule has 0 aliphatic heterocycles. The minimum atomic E-state index is 0.153. The summed E-state index contributed by atoms with van der Waals surface area (Å²) in [5, 5.41) is 9.06. The van der Waals surface area contributed by atoms with Gasteiger partial charge in [-0.1, -0.05) is 24.6 Å². The van der Waals surface area contributed by atoms with Crippen LogP contribution >= 0.6 is 0 Å². The van der Waals surface area contributed by atoms with Gasteiger partial charge in [0.1, 0.15) is 0 Å². The third-order valence-electron chi connectivity index (χ3n) is 2.32. The van der Waals surface area contributed by atoms with Crippen molar-refractivity contribution < 1.29 is 5.11 Å². The largest absolute Gasteiger partial charge is 0.392 e. The van der Waals surface area contributed by atoms with Crippen molar-refractivity contribution in [2.24, 2.45) is 0 Å². The van der Waals surface area contributed by atoms with Crippen LogP contribution in [-0.2, 0) is 13.0 Å². The average Bonchev–Trinajstić information content (AvgIpc) is 2.08. The van der Waals surface area contributed by atoms with E-state index in [4.69, 9.17) is 5.11 Å². The zero-order chi connectivity index (χ0) is 9.14. The number of aliphatic hydroxyl groups excluding tert-OH is 1. The van der Waals surface area contributed by atoms with E-state index < -0.39 is 0 Å². The van der Waals surface area contributed by atoms with E-state index in [-0.39, 0.29) is 6.61 Å². The van der Waals surface area contributed by atoms with Gasteiger partial charge in [0, 0.05) is 0 Å². The molecule has 0 aliphatic carbocycles. The van der Waals surface area contributed by atoms with Crippen LogP contribution in [0, 0.1) is 13.8 Å². The quantitative estimate of drug-likeness (QED) is 0.711. The van der Waals surface area contributed by atoms with Gasteiger partial charge in [-0.05, 0) is 37.0 Å². The van der Waals surface area contributed by atoms with Crippen LogP contribution in [0.15, 0.2) is 12.1 Å². The summed E-state index contributed by atoms with van der Waals surface area (Å²) in [6, 6.07) is 4.24. The standard InChI is InChI=1S/C11H16O/c1-4-10-5-8(2)6-11(7-12)9(10)3/h5-6,12H,4,7H2,1-3H3. The highest BCUT2D eigenvalue weighted by molar-refractivity contribution is 5.37. The second-order valence-corrected chi connectivity index (χ2v) is 3.22. The summed E-state index contributed by atoms with van der Waals surface area (Å²) in [4.78, 5) is 0. The first-order valence-electron chi connectivity index (χ1n) is 4.39. The van der Waals surface area contributed by atoms with Crippen molar-refractivity contribution in [2.75, 3.05) is 0 Å². The molecule has 1 rings (SSSR count). The van der Waals surface area contributed by atoms with Gasteiger partial charge in [0.05, 0.1) is 6.61 Å². The maximum Gasteiger partial charge on any atom is 0.0684 e. The topological polar surface area (TPSA) is 20.2 Å². The zero-order valence-corrected chi connectivity index (χ0v) is 8.02. The fourth-order valence-electron chi connectivity index (χ4n) is 1.55.